The van der Waals surface area contributed by atoms with Gasteiger partial charge < -0.3 is 5.11 Å². The van der Waals surface area contributed by atoms with Gasteiger partial charge in [0.1, 0.15) is 5.82 Å². The lowest BCUT2D eigenvalue weighted by molar-refractivity contribution is 0.0693. The zero-order valence-corrected chi connectivity index (χ0v) is 10.0. The predicted octanol–water partition coefficient (Wildman–Crippen LogP) is 2.02. The molecule has 19 heavy (non-hydrogen) atoms. The third-order valence-corrected chi connectivity index (χ3v) is 2.93. The van der Waals surface area contributed by atoms with Crippen LogP contribution in [0.5, 0.6) is 0 Å². The highest BCUT2D eigenvalue weighted by molar-refractivity contribution is 5.93. The Hall–Kier alpha value is -2.69. The number of fused-ring (bicyclic) bond motifs is 1. The molecular formula is C14H11N3O2. The standard InChI is InChI=1S/C14H11N3O2/c18-14(19)13-11-9-15-6-7-17(11)12(16-13)8-10-4-2-1-3-5-10/h1-7,9H,8H2,(H,18,19). The normalized spacial score (nSPS) is 10.7. The Kier molecular flexibility index (Phi) is 2.72. The van der Waals surface area contributed by atoms with Crippen LogP contribution in [0.1, 0.15) is 21.9 Å². The zero-order chi connectivity index (χ0) is 13.2. The van der Waals surface area contributed by atoms with Crippen LogP contribution in [-0.2, 0) is 6.42 Å². The second-order valence-electron chi connectivity index (χ2n) is 4.18. The van der Waals surface area contributed by atoms with E-state index in [1.54, 1.807) is 16.8 Å². The van der Waals surface area contributed by atoms with E-state index in [0.29, 0.717) is 17.8 Å². The maximum absolute atomic E-state index is 11.2. The molecule has 5 heteroatoms. The number of carboxylic acids is 1. The highest BCUT2D eigenvalue weighted by Gasteiger charge is 2.16. The molecule has 5 nitrogen and oxygen atoms in total. The predicted molar refractivity (Wildman–Crippen MR) is 69.2 cm³/mol. The topological polar surface area (TPSA) is 67.5 Å². The Morgan fingerprint density at radius 3 is 2.79 bits per heavy atom. The third-order valence-electron chi connectivity index (χ3n) is 2.93. The smallest absolute Gasteiger partial charge is 0.356 e. The molecule has 1 N–H and O–H groups in total. The average molecular weight is 253 g/mol. The summed E-state index contributed by atoms with van der Waals surface area (Å²) in [6.45, 7) is 0. The quantitative estimate of drug-likeness (QED) is 0.775. The molecule has 0 saturated heterocycles. The van der Waals surface area contributed by atoms with Crippen molar-refractivity contribution in [3.63, 3.8) is 0 Å². The van der Waals surface area contributed by atoms with Gasteiger partial charge in [-0.1, -0.05) is 30.3 Å². The van der Waals surface area contributed by atoms with Gasteiger partial charge in [-0.25, -0.2) is 9.78 Å². The number of carbonyl (C=O) groups is 1. The van der Waals surface area contributed by atoms with Gasteiger partial charge in [-0.05, 0) is 5.56 Å². The van der Waals surface area contributed by atoms with E-state index in [4.69, 9.17) is 5.11 Å². The Morgan fingerprint density at radius 1 is 1.26 bits per heavy atom. The first-order valence-electron chi connectivity index (χ1n) is 5.84. The largest absolute Gasteiger partial charge is 0.476 e. The van der Waals surface area contributed by atoms with Crippen molar-refractivity contribution in [3.8, 4) is 0 Å². The van der Waals surface area contributed by atoms with Crippen molar-refractivity contribution in [1.29, 1.82) is 0 Å². The summed E-state index contributed by atoms with van der Waals surface area (Å²) in [6, 6.07) is 9.82. The number of aromatic carboxylic acids is 1. The molecule has 2 aromatic heterocycles. The molecule has 0 spiro atoms. The minimum atomic E-state index is -1.04. The monoisotopic (exact) mass is 253 g/mol. The number of aromatic nitrogens is 3. The fourth-order valence-corrected chi connectivity index (χ4v) is 2.06. The highest BCUT2D eigenvalue weighted by Crippen LogP contribution is 2.15. The molecule has 1 aromatic carbocycles. The lowest BCUT2D eigenvalue weighted by atomic mass is 10.1. The van der Waals surface area contributed by atoms with Crippen LogP contribution in [0, 0.1) is 0 Å². The minimum absolute atomic E-state index is 0.0408. The van der Waals surface area contributed by atoms with Gasteiger partial charge in [0.2, 0.25) is 0 Å². The van der Waals surface area contributed by atoms with Crippen LogP contribution in [0.15, 0.2) is 48.9 Å². The lowest BCUT2D eigenvalue weighted by Gasteiger charge is -2.00. The number of imidazole rings is 1. The fraction of sp³-hybridized carbons (Fsp3) is 0.0714. The highest BCUT2D eigenvalue weighted by atomic mass is 16.4. The maximum Gasteiger partial charge on any atom is 0.356 e. The second-order valence-corrected chi connectivity index (χ2v) is 4.18. The summed E-state index contributed by atoms with van der Waals surface area (Å²) in [5, 5.41) is 9.16. The van der Waals surface area contributed by atoms with Crippen LogP contribution in [0.2, 0.25) is 0 Å². The summed E-state index contributed by atoms with van der Waals surface area (Å²) in [4.78, 5) is 19.3. The number of benzene rings is 1. The Balaban J connectivity index is 2.11. The molecule has 0 aliphatic heterocycles. The van der Waals surface area contributed by atoms with E-state index in [2.05, 4.69) is 9.97 Å². The molecule has 0 atom stereocenters. The van der Waals surface area contributed by atoms with Gasteiger partial charge in [0.25, 0.3) is 0 Å². The van der Waals surface area contributed by atoms with E-state index in [1.807, 2.05) is 30.3 Å². The van der Waals surface area contributed by atoms with Crippen molar-refractivity contribution in [2.45, 2.75) is 6.42 Å². The van der Waals surface area contributed by atoms with Crippen molar-refractivity contribution in [2.75, 3.05) is 0 Å². The number of nitrogens with zero attached hydrogens (tertiary/aromatic N) is 3. The first-order valence-corrected chi connectivity index (χ1v) is 5.84. The summed E-state index contributed by atoms with van der Waals surface area (Å²) in [5.74, 6) is -0.342. The summed E-state index contributed by atoms with van der Waals surface area (Å²) >= 11 is 0. The average Bonchev–Trinajstić information content (AvgIpc) is 2.79. The second kappa shape index (κ2) is 4.53. The van der Waals surface area contributed by atoms with Gasteiger partial charge in [0, 0.05) is 18.8 Å². The van der Waals surface area contributed by atoms with E-state index in [0.717, 1.165) is 5.56 Å². The molecule has 0 aliphatic rings. The van der Waals surface area contributed by atoms with Crippen molar-refractivity contribution < 1.29 is 9.90 Å². The summed E-state index contributed by atoms with van der Waals surface area (Å²) in [7, 11) is 0. The van der Waals surface area contributed by atoms with E-state index >= 15 is 0 Å². The molecule has 0 unspecified atom stereocenters. The van der Waals surface area contributed by atoms with Gasteiger partial charge in [-0.15, -0.1) is 0 Å². The van der Waals surface area contributed by atoms with Crippen LogP contribution in [0.25, 0.3) is 5.52 Å². The Morgan fingerprint density at radius 2 is 2.05 bits per heavy atom. The summed E-state index contributed by atoms with van der Waals surface area (Å²) in [5.41, 5.74) is 1.64. The SMILES string of the molecule is O=C(O)c1nc(Cc2ccccc2)n2ccncc12. The van der Waals surface area contributed by atoms with E-state index in [9.17, 15) is 4.79 Å². The maximum atomic E-state index is 11.2. The van der Waals surface area contributed by atoms with Crippen LogP contribution in [0.4, 0.5) is 0 Å². The molecule has 94 valence electrons. The van der Waals surface area contributed by atoms with Crippen molar-refractivity contribution in [1.82, 2.24) is 14.4 Å². The molecule has 0 fully saturated rings. The number of hydrogen-bond donors (Lipinski definition) is 1. The van der Waals surface area contributed by atoms with Crippen molar-refractivity contribution in [2.24, 2.45) is 0 Å². The summed E-state index contributed by atoms with van der Waals surface area (Å²) in [6.07, 6.45) is 5.45. The van der Waals surface area contributed by atoms with Crippen molar-refractivity contribution in [3.05, 3.63) is 66.0 Å². The van der Waals surface area contributed by atoms with Gasteiger partial charge in [-0.2, -0.15) is 0 Å². The molecule has 3 rings (SSSR count). The van der Waals surface area contributed by atoms with Gasteiger partial charge >= 0.3 is 5.97 Å². The molecule has 0 amide bonds. The third kappa shape index (κ3) is 2.06. The Bertz CT molecular complexity index is 735. The van der Waals surface area contributed by atoms with E-state index < -0.39 is 5.97 Å². The van der Waals surface area contributed by atoms with Gasteiger partial charge in [0.05, 0.1) is 11.7 Å². The number of carboxylic acid groups (broad SMARTS) is 1. The minimum Gasteiger partial charge on any atom is -0.476 e. The summed E-state index contributed by atoms with van der Waals surface area (Å²) < 4.78 is 1.77. The number of hydrogen-bond acceptors (Lipinski definition) is 3. The van der Waals surface area contributed by atoms with Crippen molar-refractivity contribution >= 4 is 11.5 Å². The number of rotatable bonds is 3. The molecule has 3 aromatic rings. The van der Waals surface area contributed by atoms with Crippen LogP contribution in [-0.4, -0.2) is 25.4 Å². The van der Waals surface area contributed by atoms with Crippen LogP contribution in [0.3, 0.4) is 0 Å². The van der Waals surface area contributed by atoms with E-state index in [-0.39, 0.29) is 5.69 Å². The Labute approximate surface area is 109 Å². The van der Waals surface area contributed by atoms with E-state index in [1.165, 1.54) is 6.20 Å². The van der Waals surface area contributed by atoms with Gasteiger partial charge in [0.15, 0.2) is 5.69 Å². The molecule has 0 bridgehead atoms. The van der Waals surface area contributed by atoms with Crippen LogP contribution >= 0.6 is 0 Å². The molecule has 0 saturated carbocycles. The van der Waals surface area contributed by atoms with Crippen LogP contribution < -0.4 is 0 Å². The van der Waals surface area contributed by atoms with Gasteiger partial charge in [-0.3, -0.25) is 9.38 Å². The molecule has 0 aliphatic carbocycles. The first-order chi connectivity index (χ1) is 9.25. The zero-order valence-electron chi connectivity index (χ0n) is 10.0. The fourth-order valence-electron chi connectivity index (χ4n) is 2.06. The molecule has 0 radical (unpaired) electrons. The lowest BCUT2D eigenvalue weighted by Crippen LogP contribution is -1.97. The molecular weight excluding hydrogens is 242 g/mol. The molecule has 2 heterocycles. The first kappa shape index (κ1) is 11.4.